The number of benzene rings is 1. The molecule has 2 aromatic rings. The second-order valence-electron chi connectivity index (χ2n) is 7.21. The van der Waals surface area contributed by atoms with Gasteiger partial charge in [-0.3, -0.25) is 19.6 Å². The number of amides is 1. The van der Waals surface area contributed by atoms with Crippen LogP contribution in [-0.4, -0.2) is 71.9 Å². The maximum Gasteiger partial charge on any atom is 0.312 e. The Balaban J connectivity index is 1.56. The van der Waals surface area contributed by atoms with Crippen LogP contribution >= 0.6 is 0 Å². The van der Waals surface area contributed by atoms with Crippen LogP contribution in [0.1, 0.15) is 27.3 Å². The molecule has 0 atom stereocenters. The monoisotopic (exact) mass is 451 g/mol. The van der Waals surface area contributed by atoms with Gasteiger partial charge in [-0.1, -0.05) is 12.1 Å². The largest absolute Gasteiger partial charge is 0.379 e. The molecule has 0 bridgehead atoms. The van der Waals surface area contributed by atoms with Crippen molar-refractivity contribution in [2.75, 3.05) is 38.6 Å². The van der Waals surface area contributed by atoms with Gasteiger partial charge in [-0.25, -0.2) is 8.42 Å². The maximum atomic E-state index is 12.3. The molecule has 2 heterocycles. The molecule has 0 unspecified atom stereocenters. The summed E-state index contributed by atoms with van der Waals surface area (Å²) in [5.74, 6) is -0.543. The van der Waals surface area contributed by atoms with E-state index in [0.717, 1.165) is 5.56 Å². The molecule has 11 nitrogen and oxygen atoms in total. The van der Waals surface area contributed by atoms with Gasteiger partial charge < -0.3 is 10.1 Å². The molecule has 1 aliphatic rings. The first-order valence-corrected chi connectivity index (χ1v) is 11.4. The predicted molar refractivity (Wildman–Crippen MR) is 112 cm³/mol. The quantitative estimate of drug-likeness (QED) is 0.464. The Kier molecular flexibility index (Phi) is 7.03. The zero-order valence-electron chi connectivity index (χ0n) is 17.4. The minimum atomic E-state index is -3.43. The number of rotatable bonds is 8. The lowest BCUT2D eigenvalue weighted by molar-refractivity contribution is -0.386. The summed E-state index contributed by atoms with van der Waals surface area (Å²) in [6.07, 6.45) is 0. The molecule has 1 N–H and O–H groups in total. The first-order chi connectivity index (χ1) is 14.7. The molecule has 1 fully saturated rings. The Labute approximate surface area is 180 Å². The number of nitrogens with zero attached hydrogens (tertiary/aromatic N) is 4. The Bertz CT molecular complexity index is 1060. The fraction of sp³-hybridized carbons (Fsp3) is 0.474. The second kappa shape index (κ2) is 9.54. The van der Waals surface area contributed by atoms with Crippen molar-refractivity contribution in [3.05, 3.63) is 56.9 Å². The number of morpholine rings is 1. The van der Waals surface area contributed by atoms with Gasteiger partial charge in [-0.05, 0) is 31.5 Å². The van der Waals surface area contributed by atoms with E-state index in [0.29, 0.717) is 49.8 Å². The molecule has 0 saturated carbocycles. The first kappa shape index (κ1) is 22.8. The maximum absolute atomic E-state index is 12.3. The van der Waals surface area contributed by atoms with Gasteiger partial charge in [0.15, 0.2) is 0 Å². The summed E-state index contributed by atoms with van der Waals surface area (Å²) in [6.45, 7) is 4.99. The summed E-state index contributed by atoms with van der Waals surface area (Å²) < 4.78 is 32.7. The van der Waals surface area contributed by atoms with Crippen molar-refractivity contribution in [1.82, 2.24) is 19.4 Å². The summed E-state index contributed by atoms with van der Waals surface area (Å²) in [5, 5.41) is 18.0. The average Bonchev–Trinajstić information content (AvgIpc) is 3.02. The molecule has 0 spiro atoms. The highest BCUT2D eigenvalue weighted by atomic mass is 32.2. The minimum Gasteiger partial charge on any atom is -0.379 e. The summed E-state index contributed by atoms with van der Waals surface area (Å²) >= 11 is 0. The Morgan fingerprint density at radius 1 is 1.23 bits per heavy atom. The molecule has 168 valence electrons. The molecular weight excluding hydrogens is 426 g/mol. The van der Waals surface area contributed by atoms with E-state index in [9.17, 15) is 23.3 Å². The standard InChI is InChI=1S/C19H25N5O6S/c1-14-18(24(26)27)15(2)23(21-14)13-16-3-5-17(6-4-16)19(25)20-7-12-31(28,29)22-8-10-30-11-9-22/h3-6H,7-13H2,1-2H3,(H,20,25). The van der Waals surface area contributed by atoms with E-state index in [1.54, 1.807) is 42.8 Å². The van der Waals surface area contributed by atoms with Gasteiger partial charge in [0, 0.05) is 25.2 Å². The summed E-state index contributed by atoms with van der Waals surface area (Å²) in [7, 11) is -3.43. The van der Waals surface area contributed by atoms with E-state index in [-0.39, 0.29) is 23.9 Å². The minimum absolute atomic E-state index is 0.00281. The van der Waals surface area contributed by atoms with Crippen LogP contribution in [0.3, 0.4) is 0 Å². The third kappa shape index (κ3) is 5.46. The average molecular weight is 452 g/mol. The topological polar surface area (TPSA) is 137 Å². The van der Waals surface area contributed by atoms with Crippen molar-refractivity contribution in [2.45, 2.75) is 20.4 Å². The Morgan fingerprint density at radius 3 is 2.45 bits per heavy atom. The van der Waals surface area contributed by atoms with Crippen LogP contribution in [0.25, 0.3) is 0 Å². The van der Waals surface area contributed by atoms with Crippen molar-refractivity contribution in [1.29, 1.82) is 0 Å². The summed E-state index contributed by atoms with van der Waals surface area (Å²) in [4.78, 5) is 23.0. The van der Waals surface area contributed by atoms with Gasteiger partial charge >= 0.3 is 5.69 Å². The number of nitro groups is 1. The van der Waals surface area contributed by atoms with Crippen LogP contribution < -0.4 is 5.32 Å². The molecule has 0 radical (unpaired) electrons. The summed E-state index contributed by atoms with van der Waals surface area (Å²) in [6, 6.07) is 6.73. The van der Waals surface area contributed by atoms with E-state index < -0.39 is 14.9 Å². The van der Waals surface area contributed by atoms with E-state index in [1.165, 1.54) is 4.31 Å². The van der Waals surface area contributed by atoms with Crippen LogP contribution in [0, 0.1) is 24.0 Å². The number of ether oxygens (including phenoxy) is 1. The molecule has 0 aliphatic carbocycles. The number of hydrogen-bond donors (Lipinski definition) is 1. The van der Waals surface area contributed by atoms with Gasteiger partial charge in [0.1, 0.15) is 11.4 Å². The second-order valence-corrected chi connectivity index (χ2v) is 9.30. The number of carbonyl (C=O) groups excluding carboxylic acids is 1. The van der Waals surface area contributed by atoms with E-state index >= 15 is 0 Å². The van der Waals surface area contributed by atoms with Crippen LogP contribution in [0.5, 0.6) is 0 Å². The highest BCUT2D eigenvalue weighted by molar-refractivity contribution is 7.89. The van der Waals surface area contributed by atoms with Gasteiger partial charge in [-0.2, -0.15) is 9.40 Å². The van der Waals surface area contributed by atoms with E-state index in [2.05, 4.69) is 10.4 Å². The number of sulfonamides is 1. The third-order valence-electron chi connectivity index (χ3n) is 5.08. The Hall–Kier alpha value is -2.83. The zero-order valence-corrected chi connectivity index (χ0v) is 18.2. The normalized spacial score (nSPS) is 15.0. The van der Waals surface area contributed by atoms with Crippen LogP contribution in [0.15, 0.2) is 24.3 Å². The Morgan fingerprint density at radius 2 is 1.87 bits per heavy atom. The lowest BCUT2D eigenvalue weighted by Gasteiger charge is -2.26. The van der Waals surface area contributed by atoms with Gasteiger partial charge in [0.05, 0.1) is 30.4 Å². The fourth-order valence-corrected chi connectivity index (χ4v) is 4.71. The van der Waals surface area contributed by atoms with Gasteiger partial charge in [0.2, 0.25) is 10.0 Å². The molecule has 31 heavy (non-hydrogen) atoms. The molecule has 1 aromatic heterocycles. The molecule has 1 amide bonds. The molecule has 1 aromatic carbocycles. The zero-order chi connectivity index (χ0) is 22.6. The predicted octanol–water partition coefficient (Wildman–Crippen LogP) is 0.848. The fourth-order valence-electron chi connectivity index (χ4n) is 3.39. The number of aromatic nitrogens is 2. The number of hydrogen-bond acceptors (Lipinski definition) is 7. The van der Waals surface area contributed by atoms with Crippen LogP contribution in [0.2, 0.25) is 0 Å². The SMILES string of the molecule is Cc1nn(Cc2ccc(C(=O)NCCS(=O)(=O)N3CCOCC3)cc2)c(C)c1[N+](=O)[O-]. The van der Waals surface area contributed by atoms with Gasteiger partial charge in [0.25, 0.3) is 5.91 Å². The first-order valence-electron chi connectivity index (χ1n) is 9.80. The molecule has 1 aliphatic heterocycles. The van der Waals surface area contributed by atoms with Crippen molar-refractivity contribution < 1.29 is 22.9 Å². The van der Waals surface area contributed by atoms with Crippen LogP contribution in [-0.2, 0) is 21.3 Å². The smallest absolute Gasteiger partial charge is 0.312 e. The number of aryl methyl sites for hydroxylation is 1. The van der Waals surface area contributed by atoms with Crippen molar-refractivity contribution in [3.63, 3.8) is 0 Å². The third-order valence-corrected chi connectivity index (χ3v) is 6.96. The summed E-state index contributed by atoms with van der Waals surface area (Å²) in [5.41, 5.74) is 2.04. The van der Waals surface area contributed by atoms with Crippen LogP contribution in [0.4, 0.5) is 5.69 Å². The highest BCUT2D eigenvalue weighted by Gasteiger charge is 2.24. The van der Waals surface area contributed by atoms with Crippen molar-refractivity contribution in [2.24, 2.45) is 0 Å². The van der Waals surface area contributed by atoms with Crippen molar-refractivity contribution in [3.8, 4) is 0 Å². The lowest BCUT2D eigenvalue weighted by Crippen LogP contribution is -2.43. The lowest BCUT2D eigenvalue weighted by atomic mass is 10.1. The number of carbonyl (C=O) groups is 1. The van der Waals surface area contributed by atoms with E-state index in [4.69, 9.17) is 4.74 Å². The van der Waals surface area contributed by atoms with Crippen molar-refractivity contribution >= 4 is 21.6 Å². The number of nitrogens with one attached hydrogen (secondary N) is 1. The highest BCUT2D eigenvalue weighted by Crippen LogP contribution is 2.22. The molecule has 3 rings (SSSR count). The molecular formula is C19H25N5O6S. The molecule has 1 saturated heterocycles. The van der Waals surface area contributed by atoms with Gasteiger partial charge in [-0.15, -0.1) is 0 Å². The molecule has 12 heteroatoms. The van der Waals surface area contributed by atoms with E-state index in [1.807, 2.05) is 0 Å².